The van der Waals surface area contributed by atoms with Crippen LogP contribution in [0.5, 0.6) is 0 Å². The van der Waals surface area contributed by atoms with Crippen molar-refractivity contribution in [2.75, 3.05) is 0 Å². The van der Waals surface area contributed by atoms with Crippen LogP contribution in [-0.2, 0) is 22.7 Å². The van der Waals surface area contributed by atoms with Crippen molar-refractivity contribution >= 4 is 5.97 Å². The average Bonchev–Trinajstić information content (AvgIpc) is 2.33. The Labute approximate surface area is 114 Å². The van der Waals surface area contributed by atoms with Crippen molar-refractivity contribution in [2.24, 2.45) is 0 Å². The van der Waals surface area contributed by atoms with E-state index in [4.69, 9.17) is 9.47 Å². The lowest BCUT2D eigenvalue weighted by Crippen LogP contribution is -2.12. The summed E-state index contributed by atoms with van der Waals surface area (Å²) in [4.78, 5) is 11.3. The van der Waals surface area contributed by atoms with Crippen molar-refractivity contribution in [3.05, 3.63) is 34.9 Å². The van der Waals surface area contributed by atoms with E-state index in [1.807, 2.05) is 33.8 Å². The highest BCUT2D eigenvalue weighted by Gasteiger charge is 2.15. The van der Waals surface area contributed by atoms with E-state index in [0.29, 0.717) is 12.2 Å². The first-order chi connectivity index (χ1) is 8.91. The Morgan fingerprint density at radius 1 is 1.11 bits per heavy atom. The molecular weight excluding hydrogens is 244 g/mol. The molecule has 0 unspecified atom stereocenters. The first-order valence-corrected chi connectivity index (χ1v) is 6.49. The lowest BCUT2D eigenvalue weighted by molar-refractivity contribution is 0.0518. The lowest BCUT2D eigenvalue weighted by atomic mass is 10.0. The zero-order valence-corrected chi connectivity index (χ0v) is 12.0. The van der Waals surface area contributed by atoms with Crippen LogP contribution in [0.4, 0.5) is 0 Å². The van der Waals surface area contributed by atoms with Gasteiger partial charge in [-0.1, -0.05) is 12.1 Å². The molecule has 1 rings (SSSR count). The Kier molecular flexibility index (Phi) is 5.99. The lowest BCUT2D eigenvalue weighted by Gasteiger charge is -2.16. The zero-order chi connectivity index (χ0) is 14.4. The fourth-order valence-corrected chi connectivity index (χ4v) is 1.65. The van der Waals surface area contributed by atoms with E-state index >= 15 is 0 Å². The van der Waals surface area contributed by atoms with E-state index in [1.54, 1.807) is 12.1 Å². The molecule has 0 bridgehead atoms. The van der Waals surface area contributed by atoms with Crippen LogP contribution in [0.3, 0.4) is 0 Å². The molecule has 0 radical (unpaired) electrons. The van der Waals surface area contributed by atoms with Crippen molar-refractivity contribution < 1.29 is 19.4 Å². The maximum atomic E-state index is 11.3. The van der Waals surface area contributed by atoms with Crippen LogP contribution in [0.2, 0.25) is 0 Å². The molecule has 4 nitrogen and oxygen atoms in total. The van der Waals surface area contributed by atoms with Crippen molar-refractivity contribution in [3.8, 4) is 0 Å². The average molecular weight is 266 g/mol. The van der Waals surface area contributed by atoms with Crippen LogP contribution in [0.1, 0.15) is 49.2 Å². The summed E-state index contributed by atoms with van der Waals surface area (Å²) < 4.78 is 11.1. The van der Waals surface area contributed by atoms with Gasteiger partial charge in [-0.15, -0.1) is 0 Å². The number of carboxylic acid groups (broad SMARTS) is 1. The Morgan fingerprint density at radius 2 is 1.68 bits per heavy atom. The van der Waals surface area contributed by atoms with E-state index in [1.165, 1.54) is 0 Å². The van der Waals surface area contributed by atoms with Gasteiger partial charge >= 0.3 is 5.97 Å². The number of carboxylic acids is 1. The minimum absolute atomic E-state index is 0.0562. The summed E-state index contributed by atoms with van der Waals surface area (Å²) in [5, 5.41) is 9.24. The Bertz CT molecular complexity index is 424. The second-order valence-corrected chi connectivity index (χ2v) is 4.97. The minimum Gasteiger partial charge on any atom is -0.478 e. The second-order valence-electron chi connectivity index (χ2n) is 4.97. The van der Waals surface area contributed by atoms with Gasteiger partial charge in [0, 0.05) is 0 Å². The van der Waals surface area contributed by atoms with Crippen LogP contribution in [0.15, 0.2) is 18.2 Å². The third kappa shape index (κ3) is 5.01. The highest BCUT2D eigenvalue weighted by molar-refractivity contribution is 5.89. The van der Waals surface area contributed by atoms with Crippen LogP contribution < -0.4 is 0 Å². The normalized spacial score (nSPS) is 11.3. The van der Waals surface area contributed by atoms with Gasteiger partial charge in [0.25, 0.3) is 0 Å². The molecule has 0 atom stereocenters. The molecule has 0 saturated heterocycles. The summed E-state index contributed by atoms with van der Waals surface area (Å²) >= 11 is 0. The molecule has 19 heavy (non-hydrogen) atoms. The quantitative estimate of drug-likeness (QED) is 0.823. The zero-order valence-electron chi connectivity index (χ0n) is 12.0. The first kappa shape index (κ1) is 15.7. The SMILES string of the molecule is CC(C)OCc1cccc(C(=O)O)c1COC(C)C. The van der Waals surface area contributed by atoms with Gasteiger partial charge in [-0.3, -0.25) is 0 Å². The summed E-state index contributed by atoms with van der Waals surface area (Å²) in [5.74, 6) is -0.936. The Hall–Kier alpha value is -1.39. The van der Waals surface area contributed by atoms with Crippen molar-refractivity contribution in [1.82, 2.24) is 0 Å². The van der Waals surface area contributed by atoms with Gasteiger partial charge in [0.15, 0.2) is 0 Å². The molecule has 0 aliphatic heterocycles. The van der Waals surface area contributed by atoms with Crippen molar-refractivity contribution in [3.63, 3.8) is 0 Å². The third-order valence-corrected chi connectivity index (χ3v) is 2.64. The minimum atomic E-state index is -0.936. The molecule has 0 saturated carbocycles. The number of rotatable bonds is 7. The van der Waals surface area contributed by atoms with Gasteiger partial charge in [-0.2, -0.15) is 0 Å². The van der Waals surface area contributed by atoms with Crippen LogP contribution in [0, 0.1) is 0 Å². The smallest absolute Gasteiger partial charge is 0.336 e. The summed E-state index contributed by atoms with van der Waals surface area (Å²) in [6.45, 7) is 8.44. The van der Waals surface area contributed by atoms with E-state index in [-0.39, 0.29) is 24.4 Å². The molecule has 4 heteroatoms. The number of aromatic carboxylic acids is 1. The Morgan fingerprint density at radius 3 is 2.21 bits per heavy atom. The molecule has 1 aromatic rings. The number of benzene rings is 1. The molecule has 0 amide bonds. The fraction of sp³-hybridized carbons (Fsp3) is 0.533. The monoisotopic (exact) mass is 266 g/mol. The van der Waals surface area contributed by atoms with Crippen LogP contribution in [-0.4, -0.2) is 23.3 Å². The molecule has 0 aromatic heterocycles. The molecule has 0 spiro atoms. The summed E-state index contributed by atoms with van der Waals surface area (Å²) in [6, 6.07) is 5.22. The van der Waals surface area contributed by atoms with Crippen molar-refractivity contribution in [2.45, 2.75) is 53.1 Å². The summed E-state index contributed by atoms with van der Waals surface area (Å²) in [7, 11) is 0. The van der Waals surface area contributed by atoms with Crippen molar-refractivity contribution in [1.29, 1.82) is 0 Å². The first-order valence-electron chi connectivity index (χ1n) is 6.49. The molecule has 1 aromatic carbocycles. The number of carbonyl (C=O) groups is 1. The van der Waals surface area contributed by atoms with Gasteiger partial charge in [0.2, 0.25) is 0 Å². The van der Waals surface area contributed by atoms with Gasteiger partial charge < -0.3 is 14.6 Å². The van der Waals surface area contributed by atoms with Gasteiger partial charge in [0.05, 0.1) is 31.0 Å². The second kappa shape index (κ2) is 7.26. The van der Waals surface area contributed by atoms with Gasteiger partial charge in [-0.05, 0) is 44.9 Å². The fourth-order valence-electron chi connectivity index (χ4n) is 1.65. The predicted octanol–water partition coefficient (Wildman–Crippen LogP) is 3.23. The maximum Gasteiger partial charge on any atom is 0.336 e. The van der Waals surface area contributed by atoms with Crippen LogP contribution >= 0.6 is 0 Å². The number of hydrogen-bond acceptors (Lipinski definition) is 3. The van der Waals surface area contributed by atoms with E-state index in [2.05, 4.69) is 0 Å². The highest BCUT2D eigenvalue weighted by Crippen LogP contribution is 2.19. The Balaban J connectivity index is 2.99. The summed E-state index contributed by atoms with van der Waals surface area (Å²) in [6.07, 6.45) is 0.160. The molecule has 0 aliphatic carbocycles. The maximum absolute atomic E-state index is 11.3. The standard InChI is InChI=1S/C15H22O4/c1-10(2)18-8-12-6-5-7-13(15(16)17)14(12)9-19-11(3)4/h5-7,10-11H,8-9H2,1-4H3,(H,16,17). The van der Waals surface area contributed by atoms with E-state index < -0.39 is 5.97 Å². The number of ether oxygens (including phenoxy) is 2. The molecule has 0 heterocycles. The molecule has 0 aliphatic rings. The van der Waals surface area contributed by atoms with Gasteiger partial charge in [-0.25, -0.2) is 4.79 Å². The number of hydrogen-bond donors (Lipinski definition) is 1. The van der Waals surface area contributed by atoms with E-state index in [0.717, 1.165) is 5.56 Å². The molecule has 1 N–H and O–H groups in total. The molecule has 0 fully saturated rings. The highest BCUT2D eigenvalue weighted by atomic mass is 16.5. The van der Waals surface area contributed by atoms with Crippen LogP contribution in [0.25, 0.3) is 0 Å². The summed E-state index contributed by atoms with van der Waals surface area (Å²) in [5.41, 5.74) is 1.85. The predicted molar refractivity (Wildman–Crippen MR) is 73.3 cm³/mol. The van der Waals surface area contributed by atoms with Gasteiger partial charge in [0.1, 0.15) is 0 Å². The van der Waals surface area contributed by atoms with E-state index in [9.17, 15) is 9.90 Å². The molecule has 106 valence electrons. The molecular formula is C15H22O4. The topological polar surface area (TPSA) is 55.8 Å². The largest absolute Gasteiger partial charge is 0.478 e. The third-order valence-electron chi connectivity index (χ3n) is 2.64.